The van der Waals surface area contributed by atoms with Gasteiger partial charge in [-0.2, -0.15) is 4.39 Å². The lowest BCUT2D eigenvalue weighted by Gasteiger charge is -2.34. The summed E-state index contributed by atoms with van der Waals surface area (Å²) in [7, 11) is 0. The monoisotopic (exact) mass is 402 g/mol. The predicted molar refractivity (Wildman–Crippen MR) is 114 cm³/mol. The summed E-state index contributed by atoms with van der Waals surface area (Å²) in [5, 5.41) is 4.06. The smallest absolute Gasteiger partial charge is 0.216 e. The van der Waals surface area contributed by atoms with Crippen molar-refractivity contribution in [2.75, 3.05) is 11.9 Å². The van der Waals surface area contributed by atoms with Crippen LogP contribution in [0.3, 0.4) is 0 Å². The standard InChI is InChI=1S/C22H28ClFN4/c1-4-15(12-27-20-11-18(23)13-28-22(20)25-3)16-5-7-17(8-6-16)19-9-10-26-21(24)14(19)2/h9-11,13,15-17,27H,3-8,12H2,1-2H3. The largest absolute Gasteiger partial charge is 0.382 e. The van der Waals surface area contributed by atoms with Gasteiger partial charge in [-0.1, -0.05) is 24.9 Å². The van der Waals surface area contributed by atoms with Gasteiger partial charge in [-0.25, -0.2) is 15.0 Å². The highest BCUT2D eigenvalue weighted by Gasteiger charge is 2.28. The van der Waals surface area contributed by atoms with Crippen LogP contribution in [0, 0.1) is 24.7 Å². The van der Waals surface area contributed by atoms with Crippen LogP contribution >= 0.6 is 11.6 Å². The number of aromatic nitrogens is 2. The molecule has 0 aliphatic heterocycles. The fourth-order valence-corrected chi connectivity index (χ4v) is 4.60. The van der Waals surface area contributed by atoms with E-state index in [2.05, 4.69) is 33.9 Å². The van der Waals surface area contributed by atoms with Crippen LogP contribution in [0.1, 0.15) is 56.1 Å². The van der Waals surface area contributed by atoms with Gasteiger partial charge in [-0.05, 0) is 74.8 Å². The predicted octanol–water partition coefficient (Wildman–Crippen LogP) is 6.32. The Morgan fingerprint density at radius 3 is 2.75 bits per heavy atom. The van der Waals surface area contributed by atoms with E-state index in [1.807, 2.05) is 19.1 Å². The van der Waals surface area contributed by atoms with E-state index in [9.17, 15) is 4.39 Å². The van der Waals surface area contributed by atoms with E-state index in [4.69, 9.17) is 11.6 Å². The average Bonchev–Trinajstić information content (AvgIpc) is 2.71. The molecule has 1 atom stereocenters. The third kappa shape index (κ3) is 4.69. The molecule has 2 aromatic heterocycles. The Balaban J connectivity index is 1.60. The number of aliphatic imine (C=N–C) groups is 1. The fraction of sp³-hybridized carbons (Fsp3) is 0.500. The molecular formula is C22H28ClFN4. The van der Waals surface area contributed by atoms with Gasteiger partial charge in [-0.15, -0.1) is 0 Å². The Morgan fingerprint density at radius 2 is 2.07 bits per heavy atom. The lowest BCUT2D eigenvalue weighted by Crippen LogP contribution is -2.26. The summed E-state index contributed by atoms with van der Waals surface area (Å²) in [6, 6.07) is 3.83. The molecular weight excluding hydrogens is 375 g/mol. The van der Waals surface area contributed by atoms with Crippen LogP contribution in [0.2, 0.25) is 5.02 Å². The van der Waals surface area contributed by atoms with Crippen LogP contribution in [0.25, 0.3) is 0 Å². The summed E-state index contributed by atoms with van der Waals surface area (Å²) < 4.78 is 13.8. The van der Waals surface area contributed by atoms with Crippen molar-refractivity contribution in [1.29, 1.82) is 0 Å². The number of pyridine rings is 2. The van der Waals surface area contributed by atoms with Crippen LogP contribution in [0.15, 0.2) is 29.5 Å². The number of nitrogens with one attached hydrogen (secondary N) is 1. The van der Waals surface area contributed by atoms with Gasteiger partial charge in [0.05, 0.1) is 10.7 Å². The van der Waals surface area contributed by atoms with Crippen LogP contribution in [0.4, 0.5) is 15.9 Å². The van der Waals surface area contributed by atoms with E-state index < -0.39 is 0 Å². The molecule has 0 saturated heterocycles. The third-order valence-corrected chi connectivity index (χ3v) is 6.33. The molecule has 0 bridgehead atoms. The highest BCUT2D eigenvalue weighted by Crippen LogP contribution is 2.41. The summed E-state index contributed by atoms with van der Waals surface area (Å²) in [5.74, 6) is 1.91. The first-order valence-corrected chi connectivity index (χ1v) is 10.4. The van der Waals surface area contributed by atoms with Crippen LogP contribution in [-0.4, -0.2) is 23.2 Å². The molecule has 1 N–H and O–H groups in total. The van der Waals surface area contributed by atoms with Crippen LogP contribution < -0.4 is 5.32 Å². The van der Waals surface area contributed by atoms with Crippen molar-refractivity contribution in [1.82, 2.24) is 9.97 Å². The topological polar surface area (TPSA) is 50.2 Å². The summed E-state index contributed by atoms with van der Waals surface area (Å²) in [5.41, 5.74) is 2.67. The highest BCUT2D eigenvalue weighted by molar-refractivity contribution is 6.30. The molecule has 0 amide bonds. The summed E-state index contributed by atoms with van der Waals surface area (Å²) >= 11 is 6.07. The second-order valence-corrected chi connectivity index (χ2v) is 8.10. The molecule has 2 aromatic rings. The number of anilines is 1. The molecule has 0 radical (unpaired) electrons. The Kier molecular flexibility index (Phi) is 7.00. The SMILES string of the molecule is C=Nc1ncc(Cl)cc1NCC(CC)C1CCC(c2ccnc(F)c2C)CC1. The number of nitrogens with zero attached hydrogens (tertiary/aromatic N) is 3. The van der Waals surface area contributed by atoms with Crippen molar-refractivity contribution >= 4 is 29.8 Å². The van der Waals surface area contributed by atoms with E-state index in [-0.39, 0.29) is 5.95 Å². The maximum Gasteiger partial charge on any atom is 0.216 e. The van der Waals surface area contributed by atoms with Gasteiger partial charge in [0.15, 0.2) is 5.82 Å². The van der Waals surface area contributed by atoms with Crippen molar-refractivity contribution in [2.24, 2.45) is 16.8 Å². The highest BCUT2D eigenvalue weighted by atomic mass is 35.5. The number of halogens is 2. The maximum atomic E-state index is 13.8. The summed E-state index contributed by atoms with van der Waals surface area (Å²) in [6.07, 6.45) is 8.80. The minimum Gasteiger partial charge on any atom is -0.382 e. The van der Waals surface area contributed by atoms with E-state index in [0.717, 1.165) is 49.9 Å². The molecule has 150 valence electrons. The summed E-state index contributed by atoms with van der Waals surface area (Å²) in [4.78, 5) is 11.9. The number of rotatable bonds is 7. The molecule has 1 saturated carbocycles. The van der Waals surface area contributed by atoms with Crippen molar-refractivity contribution in [3.8, 4) is 0 Å². The Bertz CT molecular complexity index is 818. The van der Waals surface area contributed by atoms with Gasteiger partial charge in [0.25, 0.3) is 0 Å². The molecule has 1 unspecified atom stereocenters. The van der Waals surface area contributed by atoms with Gasteiger partial charge in [0.1, 0.15) is 0 Å². The lowest BCUT2D eigenvalue weighted by atomic mass is 9.72. The molecule has 1 aliphatic carbocycles. The van der Waals surface area contributed by atoms with Crippen molar-refractivity contribution in [3.05, 3.63) is 46.6 Å². The van der Waals surface area contributed by atoms with Gasteiger partial charge < -0.3 is 5.32 Å². The average molecular weight is 403 g/mol. The van der Waals surface area contributed by atoms with Crippen molar-refractivity contribution in [3.63, 3.8) is 0 Å². The normalized spacial score (nSPS) is 20.6. The maximum absolute atomic E-state index is 13.8. The van der Waals surface area contributed by atoms with Gasteiger partial charge in [0.2, 0.25) is 5.95 Å². The first-order valence-electron chi connectivity index (χ1n) is 10.0. The number of hydrogen-bond donors (Lipinski definition) is 1. The zero-order chi connectivity index (χ0) is 20.1. The molecule has 1 fully saturated rings. The Labute approximate surface area is 171 Å². The number of hydrogen-bond acceptors (Lipinski definition) is 4. The molecule has 0 aromatic carbocycles. The van der Waals surface area contributed by atoms with Gasteiger partial charge >= 0.3 is 0 Å². The molecule has 3 rings (SSSR count). The van der Waals surface area contributed by atoms with Crippen molar-refractivity contribution in [2.45, 2.75) is 51.9 Å². The zero-order valence-corrected chi connectivity index (χ0v) is 17.3. The fourth-order valence-electron chi connectivity index (χ4n) is 4.44. The minimum atomic E-state index is -0.336. The second-order valence-electron chi connectivity index (χ2n) is 7.66. The third-order valence-electron chi connectivity index (χ3n) is 6.12. The molecule has 28 heavy (non-hydrogen) atoms. The zero-order valence-electron chi connectivity index (χ0n) is 16.6. The van der Waals surface area contributed by atoms with Gasteiger partial charge in [0, 0.05) is 24.5 Å². The lowest BCUT2D eigenvalue weighted by molar-refractivity contribution is 0.234. The van der Waals surface area contributed by atoms with E-state index in [0.29, 0.717) is 34.2 Å². The minimum absolute atomic E-state index is 0.336. The quantitative estimate of drug-likeness (QED) is 0.435. The molecule has 0 spiro atoms. The summed E-state index contributed by atoms with van der Waals surface area (Å²) in [6.45, 7) is 8.52. The molecule has 2 heterocycles. The first kappa shape index (κ1) is 20.7. The van der Waals surface area contributed by atoms with Gasteiger partial charge in [-0.3, -0.25) is 0 Å². The van der Waals surface area contributed by atoms with Crippen LogP contribution in [0.5, 0.6) is 0 Å². The van der Waals surface area contributed by atoms with E-state index in [1.165, 1.54) is 0 Å². The second kappa shape index (κ2) is 9.46. The first-order chi connectivity index (χ1) is 13.5. The van der Waals surface area contributed by atoms with E-state index >= 15 is 0 Å². The Hall–Kier alpha value is -2.01. The molecule has 4 nitrogen and oxygen atoms in total. The molecule has 1 aliphatic rings. The van der Waals surface area contributed by atoms with Crippen molar-refractivity contribution < 1.29 is 4.39 Å². The van der Waals surface area contributed by atoms with Crippen LogP contribution in [-0.2, 0) is 0 Å². The Morgan fingerprint density at radius 1 is 1.32 bits per heavy atom. The van der Waals surface area contributed by atoms with E-state index in [1.54, 1.807) is 12.4 Å². The molecule has 6 heteroatoms.